The maximum absolute atomic E-state index is 12.6. The van der Waals surface area contributed by atoms with E-state index in [0.717, 1.165) is 0 Å². The van der Waals surface area contributed by atoms with Gasteiger partial charge >= 0.3 is 5.97 Å². The van der Waals surface area contributed by atoms with Crippen molar-refractivity contribution in [3.8, 4) is 5.75 Å². The van der Waals surface area contributed by atoms with Gasteiger partial charge in [0.05, 0.1) is 12.1 Å². The van der Waals surface area contributed by atoms with Gasteiger partial charge in [-0.15, -0.1) is 0 Å². The highest BCUT2D eigenvalue weighted by molar-refractivity contribution is 6.03. The van der Waals surface area contributed by atoms with Crippen LogP contribution in [0.4, 0.5) is 5.69 Å². The van der Waals surface area contributed by atoms with Crippen molar-refractivity contribution in [3.63, 3.8) is 0 Å². The molecule has 0 aromatic heterocycles. The van der Waals surface area contributed by atoms with Gasteiger partial charge in [-0.25, -0.2) is 0 Å². The molecule has 0 fully saturated rings. The lowest BCUT2D eigenvalue weighted by molar-refractivity contribution is -0.137. The molecule has 1 atom stereocenters. The molecular formula is C17H21NO6. The Labute approximate surface area is 140 Å². The van der Waals surface area contributed by atoms with Gasteiger partial charge in [0.1, 0.15) is 12.5 Å². The minimum atomic E-state index is -1.03. The van der Waals surface area contributed by atoms with Crippen molar-refractivity contribution in [1.82, 2.24) is 0 Å². The molecule has 0 radical (unpaired) electrons. The highest BCUT2D eigenvalue weighted by atomic mass is 16.5. The first kappa shape index (κ1) is 17.9. The highest BCUT2D eigenvalue weighted by Gasteiger charge is 2.36. The maximum atomic E-state index is 12.6. The first-order chi connectivity index (χ1) is 11.3. The molecule has 0 bridgehead atoms. The number of carbonyl (C=O) groups excluding carboxylic acids is 2. The summed E-state index contributed by atoms with van der Waals surface area (Å²) >= 11 is 0. The van der Waals surface area contributed by atoms with E-state index in [0.29, 0.717) is 17.0 Å². The molecule has 0 saturated carbocycles. The van der Waals surface area contributed by atoms with Gasteiger partial charge in [0.25, 0.3) is 5.91 Å². The number of ketones is 1. The van der Waals surface area contributed by atoms with Crippen LogP contribution in [0.3, 0.4) is 0 Å². The zero-order valence-electron chi connectivity index (χ0n) is 13.9. The zero-order valence-corrected chi connectivity index (χ0v) is 13.9. The van der Waals surface area contributed by atoms with Crippen LogP contribution in [0.5, 0.6) is 5.75 Å². The molecule has 130 valence electrons. The fourth-order valence-corrected chi connectivity index (χ4v) is 2.51. The van der Waals surface area contributed by atoms with E-state index in [9.17, 15) is 14.4 Å². The summed E-state index contributed by atoms with van der Waals surface area (Å²) in [5, 5.41) is 8.69. The summed E-state index contributed by atoms with van der Waals surface area (Å²) in [6, 6.07) is 4.77. The Morgan fingerprint density at radius 2 is 2.04 bits per heavy atom. The number of fused-ring (bicyclic) bond motifs is 1. The number of benzene rings is 1. The topological polar surface area (TPSA) is 93.1 Å². The number of Topliss-reactive ketones (excluding diaryl/α,β-unsaturated/α-hetero) is 1. The summed E-state index contributed by atoms with van der Waals surface area (Å²) in [6.07, 6.45) is -0.939. The van der Waals surface area contributed by atoms with Crippen molar-refractivity contribution >= 4 is 23.3 Å². The molecule has 1 amide bonds. The number of hydrogen-bond donors (Lipinski definition) is 1. The number of carboxylic acid groups (broad SMARTS) is 1. The third kappa shape index (κ3) is 3.73. The molecule has 1 aromatic rings. The second kappa shape index (κ2) is 7.44. The summed E-state index contributed by atoms with van der Waals surface area (Å²) < 4.78 is 10.9. The van der Waals surface area contributed by atoms with Gasteiger partial charge in [0.15, 0.2) is 11.9 Å². The number of rotatable bonds is 7. The third-order valence-corrected chi connectivity index (χ3v) is 3.76. The molecule has 1 N–H and O–H groups in total. The zero-order chi connectivity index (χ0) is 17.9. The molecule has 1 aliphatic heterocycles. The van der Waals surface area contributed by atoms with Crippen LogP contribution >= 0.6 is 0 Å². The number of aliphatic carboxylic acids is 1. The molecule has 1 aliphatic rings. The molecule has 1 unspecified atom stereocenters. The Morgan fingerprint density at radius 3 is 2.62 bits per heavy atom. The molecule has 7 heteroatoms. The van der Waals surface area contributed by atoms with E-state index in [1.54, 1.807) is 18.2 Å². The summed E-state index contributed by atoms with van der Waals surface area (Å²) in [7, 11) is 1.48. The largest absolute Gasteiger partial charge is 0.481 e. The van der Waals surface area contributed by atoms with Gasteiger partial charge in [0.2, 0.25) is 0 Å². The summed E-state index contributed by atoms with van der Waals surface area (Å²) in [5.74, 6) is -1.06. The molecule has 0 spiro atoms. The van der Waals surface area contributed by atoms with Crippen molar-refractivity contribution in [2.24, 2.45) is 5.92 Å². The first-order valence-electron chi connectivity index (χ1n) is 7.71. The Balaban J connectivity index is 2.34. The predicted molar refractivity (Wildman–Crippen MR) is 86.3 cm³/mol. The number of carboxylic acids is 1. The number of nitrogens with zero attached hydrogens (tertiary/aromatic N) is 1. The minimum Gasteiger partial charge on any atom is -0.481 e. The number of amides is 1. The molecule has 0 aliphatic carbocycles. The number of hydrogen-bond acceptors (Lipinski definition) is 5. The maximum Gasteiger partial charge on any atom is 0.303 e. The van der Waals surface area contributed by atoms with Crippen molar-refractivity contribution in [1.29, 1.82) is 0 Å². The number of ether oxygens (including phenoxy) is 2. The summed E-state index contributed by atoms with van der Waals surface area (Å²) in [6.45, 7) is 3.83. The van der Waals surface area contributed by atoms with E-state index in [1.807, 2.05) is 13.8 Å². The lowest BCUT2D eigenvalue weighted by Gasteiger charge is -2.35. The summed E-state index contributed by atoms with van der Waals surface area (Å²) in [4.78, 5) is 36.7. The number of methoxy groups -OCH3 is 1. The van der Waals surface area contributed by atoms with E-state index in [1.165, 1.54) is 12.0 Å². The van der Waals surface area contributed by atoms with Gasteiger partial charge in [0, 0.05) is 19.1 Å². The lowest BCUT2D eigenvalue weighted by atomic mass is 10.0. The van der Waals surface area contributed by atoms with Crippen LogP contribution in [-0.4, -0.2) is 42.7 Å². The van der Waals surface area contributed by atoms with Crippen molar-refractivity contribution in [2.45, 2.75) is 32.8 Å². The quantitative estimate of drug-likeness (QED) is 0.767. The van der Waals surface area contributed by atoms with Crippen molar-refractivity contribution in [2.75, 3.05) is 18.7 Å². The Morgan fingerprint density at radius 1 is 1.33 bits per heavy atom. The van der Waals surface area contributed by atoms with E-state index < -0.39 is 12.1 Å². The molecule has 2 rings (SSSR count). The van der Waals surface area contributed by atoms with E-state index in [4.69, 9.17) is 14.6 Å². The van der Waals surface area contributed by atoms with Crippen LogP contribution in [-0.2, 0) is 14.3 Å². The molecule has 1 heterocycles. The molecule has 1 aromatic carbocycles. The summed E-state index contributed by atoms with van der Waals surface area (Å²) in [5.41, 5.74) is 0.801. The first-order valence-corrected chi connectivity index (χ1v) is 7.71. The van der Waals surface area contributed by atoms with Gasteiger partial charge in [-0.2, -0.15) is 0 Å². The van der Waals surface area contributed by atoms with Crippen LogP contribution in [0.25, 0.3) is 0 Å². The predicted octanol–water partition coefficient (Wildman–Crippen LogP) is 2.09. The smallest absolute Gasteiger partial charge is 0.303 e. The van der Waals surface area contributed by atoms with Crippen LogP contribution < -0.4 is 9.64 Å². The lowest BCUT2D eigenvalue weighted by Crippen LogP contribution is -2.49. The molecule has 7 nitrogen and oxygen atoms in total. The Kier molecular flexibility index (Phi) is 5.56. The standard InChI is InChI=1S/C17H21NO6/c1-10(2)16-17(22)18(9-23-3)12-8-11(4-6-14(12)24-16)13(19)5-7-15(20)21/h4,6,8,10,16H,5,7,9H2,1-3H3,(H,20,21). The number of carbonyl (C=O) groups is 3. The van der Waals surface area contributed by atoms with E-state index in [2.05, 4.69) is 0 Å². The second-order valence-corrected chi connectivity index (χ2v) is 5.97. The van der Waals surface area contributed by atoms with E-state index in [-0.39, 0.29) is 37.2 Å². The second-order valence-electron chi connectivity index (χ2n) is 5.97. The fraction of sp³-hybridized carbons (Fsp3) is 0.471. The van der Waals surface area contributed by atoms with Crippen LogP contribution in [0.2, 0.25) is 0 Å². The van der Waals surface area contributed by atoms with Gasteiger partial charge in [-0.05, 0) is 24.1 Å². The van der Waals surface area contributed by atoms with Crippen LogP contribution in [0.1, 0.15) is 37.0 Å². The fourth-order valence-electron chi connectivity index (χ4n) is 2.51. The van der Waals surface area contributed by atoms with Crippen LogP contribution in [0, 0.1) is 5.92 Å². The SMILES string of the molecule is COCN1C(=O)C(C(C)C)Oc2ccc(C(=O)CCC(=O)O)cc21. The van der Waals surface area contributed by atoms with Crippen LogP contribution in [0.15, 0.2) is 18.2 Å². The highest BCUT2D eigenvalue weighted by Crippen LogP contribution is 2.36. The van der Waals surface area contributed by atoms with Gasteiger partial charge in [-0.1, -0.05) is 13.8 Å². The van der Waals surface area contributed by atoms with Gasteiger partial charge < -0.3 is 14.6 Å². The molecule has 24 heavy (non-hydrogen) atoms. The average Bonchev–Trinajstić information content (AvgIpc) is 2.54. The molecular weight excluding hydrogens is 314 g/mol. The average molecular weight is 335 g/mol. The van der Waals surface area contributed by atoms with Gasteiger partial charge in [-0.3, -0.25) is 19.3 Å². The normalized spacial score (nSPS) is 16.8. The van der Waals surface area contributed by atoms with Crippen molar-refractivity contribution in [3.05, 3.63) is 23.8 Å². The Bertz CT molecular complexity index is 654. The Hall–Kier alpha value is -2.41. The number of anilines is 1. The monoisotopic (exact) mass is 335 g/mol. The van der Waals surface area contributed by atoms with Crippen molar-refractivity contribution < 1.29 is 29.0 Å². The molecule has 0 saturated heterocycles. The minimum absolute atomic E-state index is 0.0121. The van der Waals surface area contributed by atoms with E-state index >= 15 is 0 Å². The third-order valence-electron chi connectivity index (χ3n) is 3.76.